The number of nitrogens with zero attached hydrogens (tertiary/aromatic N) is 5. The number of likely N-dealkylation sites (tertiary alicyclic amines) is 1. The van der Waals surface area contributed by atoms with Gasteiger partial charge in [-0.3, -0.25) is 0 Å². The Morgan fingerprint density at radius 2 is 2.08 bits per heavy atom. The molecule has 1 aliphatic heterocycles. The number of aromatic nitrogens is 4. The van der Waals surface area contributed by atoms with Crippen LogP contribution in [0.15, 0.2) is 10.6 Å². The molecular formula is C18H29N5O2. The normalized spacial score (nSPS) is 16.8. The van der Waals surface area contributed by atoms with Gasteiger partial charge in [0.1, 0.15) is 12.4 Å². The van der Waals surface area contributed by atoms with Crippen LogP contribution < -0.4 is 0 Å². The first-order valence-corrected chi connectivity index (χ1v) is 9.24. The average Bonchev–Trinajstić information content (AvgIpc) is 3.20. The largest absolute Gasteiger partial charge is 0.374 e. The number of piperidine rings is 1. The minimum absolute atomic E-state index is 0.347. The minimum Gasteiger partial charge on any atom is -0.374 e. The summed E-state index contributed by atoms with van der Waals surface area (Å²) in [6.45, 7) is 9.54. The van der Waals surface area contributed by atoms with Gasteiger partial charge in [-0.25, -0.2) is 9.67 Å². The standard InChI is InChI=1S/C18H29N5O2/c1-5-24-12-17-19-18(16-11-15(25-21-16)10-13(2)3)23(20-17)14-6-8-22(4)9-7-14/h11,13-14H,5-10,12H2,1-4H3. The maximum absolute atomic E-state index is 5.51. The van der Waals surface area contributed by atoms with Crippen molar-refractivity contribution in [3.05, 3.63) is 17.7 Å². The molecule has 0 aromatic carbocycles. The Labute approximate surface area is 149 Å². The van der Waals surface area contributed by atoms with E-state index in [-0.39, 0.29) is 0 Å². The molecule has 0 amide bonds. The van der Waals surface area contributed by atoms with Crippen molar-refractivity contribution in [3.63, 3.8) is 0 Å². The highest BCUT2D eigenvalue weighted by Gasteiger charge is 2.25. The second-order valence-electron chi connectivity index (χ2n) is 7.24. The van der Waals surface area contributed by atoms with Crippen LogP contribution in [0.5, 0.6) is 0 Å². The molecule has 1 saturated heterocycles. The zero-order valence-electron chi connectivity index (χ0n) is 15.7. The molecule has 3 rings (SSSR count). The van der Waals surface area contributed by atoms with E-state index in [9.17, 15) is 0 Å². The first-order valence-electron chi connectivity index (χ1n) is 9.24. The predicted molar refractivity (Wildman–Crippen MR) is 95.2 cm³/mol. The molecule has 0 N–H and O–H groups in total. The molecule has 7 nitrogen and oxygen atoms in total. The molecule has 0 unspecified atom stereocenters. The Bertz CT molecular complexity index is 671. The van der Waals surface area contributed by atoms with Crippen LogP contribution in [0, 0.1) is 5.92 Å². The van der Waals surface area contributed by atoms with Crippen LogP contribution in [-0.4, -0.2) is 51.6 Å². The summed E-state index contributed by atoms with van der Waals surface area (Å²) in [6, 6.07) is 2.35. The van der Waals surface area contributed by atoms with Crippen LogP contribution in [0.25, 0.3) is 11.5 Å². The van der Waals surface area contributed by atoms with Gasteiger partial charge in [-0.05, 0) is 45.8 Å². The molecule has 2 aromatic heterocycles. The van der Waals surface area contributed by atoms with E-state index in [0.717, 1.165) is 49.6 Å². The van der Waals surface area contributed by atoms with E-state index < -0.39 is 0 Å². The molecule has 0 aliphatic carbocycles. The fourth-order valence-corrected chi connectivity index (χ4v) is 3.21. The third kappa shape index (κ3) is 4.46. The molecule has 3 heterocycles. The lowest BCUT2D eigenvalue weighted by molar-refractivity contribution is 0.127. The molecule has 138 valence electrons. The highest BCUT2D eigenvalue weighted by Crippen LogP contribution is 2.27. The lowest BCUT2D eigenvalue weighted by Gasteiger charge is -2.29. The zero-order chi connectivity index (χ0) is 17.8. The molecular weight excluding hydrogens is 318 g/mol. The third-order valence-electron chi connectivity index (χ3n) is 4.54. The van der Waals surface area contributed by atoms with Crippen LogP contribution in [-0.2, 0) is 17.8 Å². The van der Waals surface area contributed by atoms with Gasteiger partial charge in [0.15, 0.2) is 17.3 Å². The van der Waals surface area contributed by atoms with Gasteiger partial charge >= 0.3 is 0 Å². The van der Waals surface area contributed by atoms with Gasteiger partial charge in [0, 0.05) is 19.1 Å². The fraction of sp³-hybridized carbons (Fsp3) is 0.722. The topological polar surface area (TPSA) is 69.2 Å². The summed E-state index contributed by atoms with van der Waals surface area (Å²) in [6.07, 6.45) is 3.01. The number of ether oxygens (including phenoxy) is 1. The Balaban J connectivity index is 1.87. The van der Waals surface area contributed by atoms with Crippen molar-refractivity contribution in [1.29, 1.82) is 0 Å². The van der Waals surface area contributed by atoms with E-state index in [4.69, 9.17) is 19.3 Å². The van der Waals surface area contributed by atoms with Gasteiger partial charge < -0.3 is 14.2 Å². The summed E-state index contributed by atoms with van der Waals surface area (Å²) in [5.74, 6) is 2.93. The van der Waals surface area contributed by atoms with Crippen molar-refractivity contribution in [3.8, 4) is 11.5 Å². The SMILES string of the molecule is CCOCc1nc(-c2cc(CC(C)C)on2)n(C2CCN(C)CC2)n1. The van der Waals surface area contributed by atoms with Gasteiger partial charge in [-0.2, -0.15) is 5.10 Å². The van der Waals surface area contributed by atoms with Crippen molar-refractivity contribution in [2.45, 2.75) is 52.7 Å². The van der Waals surface area contributed by atoms with E-state index in [0.29, 0.717) is 31.0 Å². The van der Waals surface area contributed by atoms with Crippen molar-refractivity contribution in [2.75, 3.05) is 26.7 Å². The summed E-state index contributed by atoms with van der Waals surface area (Å²) in [4.78, 5) is 7.05. The van der Waals surface area contributed by atoms with Gasteiger partial charge in [0.25, 0.3) is 0 Å². The molecule has 25 heavy (non-hydrogen) atoms. The summed E-state index contributed by atoms with van der Waals surface area (Å²) >= 11 is 0. The van der Waals surface area contributed by atoms with Crippen LogP contribution >= 0.6 is 0 Å². The quantitative estimate of drug-likeness (QED) is 0.767. The molecule has 1 aliphatic rings. The van der Waals surface area contributed by atoms with Crippen molar-refractivity contribution < 1.29 is 9.26 Å². The molecule has 0 spiro atoms. The average molecular weight is 347 g/mol. The molecule has 0 atom stereocenters. The van der Waals surface area contributed by atoms with E-state index >= 15 is 0 Å². The Kier molecular flexibility index (Phi) is 5.86. The molecule has 1 fully saturated rings. The number of rotatable bonds is 7. The predicted octanol–water partition coefficient (Wildman–Crippen LogP) is 2.93. The fourth-order valence-electron chi connectivity index (χ4n) is 3.21. The molecule has 7 heteroatoms. The second kappa shape index (κ2) is 8.10. The summed E-state index contributed by atoms with van der Waals surface area (Å²) < 4.78 is 13.0. The minimum atomic E-state index is 0.347. The van der Waals surface area contributed by atoms with Crippen LogP contribution in [0.1, 0.15) is 51.2 Å². The van der Waals surface area contributed by atoms with E-state index in [1.54, 1.807) is 0 Å². The third-order valence-corrected chi connectivity index (χ3v) is 4.54. The van der Waals surface area contributed by atoms with Crippen molar-refractivity contribution in [1.82, 2.24) is 24.8 Å². The highest BCUT2D eigenvalue weighted by atomic mass is 16.5. The highest BCUT2D eigenvalue weighted by molar-refractivity contribution is 5.49. The molecule has 0 radical (unpaired) electrons. The second-order valence-corrected chi connectivity index (χ2v) is 7.24. The van der Waals surface area contributed by atoms with E-state index in [1.807, 2.05) is 17.7 Å². The Morgan fingerprint density at radius 3 is 2.76 bits per heavy atom. The lowest BCUT2D eigenvalue weighted by Crippen LogP contribution is -2.32. The van der Waals surface area contributed by atoms with Gasteiger partial charge in [-0.1, -0.05) is 19.0 Å². The van der Waals surface area contributed by atoms with Gasteiger partial charge in [0.05, 0.1) is 6.04 Å². The monoisotopic (exact) mass is 347 g/mol. The van der Waals surface area contributed by atoms with Crippen molar-refractivity contribution >= 4 is 0 Å². The first-order chi connectivity index (χ1) is 12.1. The van der Waals surface area contributed by atoms with E-state index in [1.165, 1.54) is 0 Å². The Hall–Kier alpha value is -1.73. The number of hydrogen-bond donors (Lipinski definition) is 0. The molecule has 0 bridgehead atoms. The maximum atomic E-state index is 5.51. The first kappa shape index (κ1) is 18.1. The van der Waals surface area contributed by atoms with Crippen LogP contribution in [0.2, 0.25) is 0 Å². The summed E-state index contributed by atoms with van der Waals surface area (Å²) in [5, 5.41) is 8.98. The van der Waals surface area contributed by atoms with Crippen LogP contribution in [0.4, 0.5) is 0 Å². The molecule has 2 aromatic rings. The summed E-state index contributed by atoms with van der Waals surface area (Å²) in [5.41, 5.74) is 0.768. The Morgan fingerprint density at radius 1 is 1.32 bits per heavy atom. The lowest BCUT2D eigenvalue weighted by atomic mass is 10.1. The van der Waals surface area contributed by atoms with Gasteiger partial charge in [0.2, 0.25) is 0 Å². The van der Waals surface area contributed by atoms with E-state index in [2.05, 4.69) is 31.0 Å². The van der Waals surface area contributed by atoms with Gasteiger partial charge in [-0.15, -0.1) is 0 Å². The number of hydrogen-bond acceptors (Lipinski definition) is 6. The maximum Gasteiger partial charge on any atom is 0.181 e. The zero-order valence-corrected chi connectivity index (χ0v) is 15.7. The van der Waals surface area contributed by atoms with Crippen LogP contribution in [0.3, 0.4) is 0 Å². The smallest absolute Gasteiger partial charge is 0.181 e. The molecule has 0 saturated carbocycles. The summed E-state index contributed by atoms with van der Waals surface area (Å²) in [7, 11) is 2.16. The van der Waals surface area contributed by atoms with Crippen molar-refractivity contribution in [2.24, 2.45) is 5.92 Å².